The SMILES string of the molecule is CN(C)c1cc2nccc(CNS(=O)(=O)c3ccc(-c4ccc(F)cc4)cc3)c2[nH]1. The Labute approximate surface area is 174 Å². The van der Waals surface area contributed by atoms with Gasteiger partial charge in [-0.15, -0.1) is 0 Å². The third-order valence-electron chi connectivity index (χ3n) is 4.87. The molecule has 0 aliphatic carbocycles. The molecular formula is C22H21FN4O2S. The lowest BCUT2D eigenvalue weighted by Crippen LogP contribution is -2.23. The maximum absolute atomic E-state index is 13.1. The topological polar surface area (TPSA) is 78.1 Å². The summed E-state index contributed by atoms with van der Waals surface area (Å²) in [4.78, 5) is 9.70. The molecule has 2 N–H and O–H groups in total. The molecule has 0 amide bonds. The number of benzene rings is 2. The number of halogens is 1. The number of H-pyrrole nitrogens is 1. The number of pyridine rings is 1. The Morgan fingerprint density at radius 3 is 2.27 bits per heavy atom. The molecule has 0 aliphatic heterocycles. The van der Waals surface area contributed by atoms with E-state index in [9.17, 15) is 12.8 Å². The first-order valence-corrected chi connectivity index (χ1v) is 10.8. The number of aromatic nitrogens is 2. The van der Waals surface area contributed by atoms with Crippen molar-refractivity contribution in [3.8, 4) is 11.1 Å². The molecule has 0 saturated heterocycles. The number of sulfonamides is 1. The summed E-state index contributed by atoms with van der Waals surface area (Å²) in [5.74, 6) is 0.580. The van der Waals surface area contributed by atoms with Gasteiger partial charge in [0.2, 0.25) is 10.0 Å². The Morgan fingerprint density at radius 1 is 1.00 bits per heavy atom. The van der Waals surface area contributed by atoms with Crippen LogP contribution in [-0.4, -0.2) is 32.5 Å². The van der Waals surface area contributed by atoms with E-state index < -0.39 is 10.0 Å². The first kappa shape index (κ1) is 20.1. The van der Waals surface area contributed by atoms with Crippen LogP contribution in [0.2, 0.25) is 0 Å². The molecule has 6 nitrogen and oxygen atoms in total. The van der Waals surface area contributed by atoms with Crippen molar-refractivity contribution in [2.45, 2.75) is 11.4 Å². The highest BCUT2D eigenvalue weighted by molar-refractivity contribution is 7.89. The van der Waals surface area contributed by atoms with E-state index in [1.807, 2.05) is 25.1 Å². The van der Waals surface area contributed by atoms with Crippen molar-refractivity contribution in [1.29, 1.82) is 0 Å². The van der Waals surface area contributed by atoms with Gasteiger partial charge in [-0.05, 0) is 47.0 Å². The summed E-state index contributed by atoms with van der Waals surface area (Å²) in [5, 5.41) is 0. The fourth-order valence-electron chi connectivity index (χ4n) is 3.18. The van der Waals surface area contributed by atoms with E-state index in [0.717, 1.165) is 33.5 Å². The molecule has 4 rings (SSSR count). The summed E-state index contributed by atoms with van der Waals surface area (Å²) in [6.45, 7) is 0.133. The van der Waals surface area contributed by atoms with Gasteiger partial charge in [0.1, 0.15) is 11.6 Å². The van der Waals surface area contributed by atoms with Gasteiger partial charge in [0.25, 0.3) is 0 Å². The molecule has 0 radical (unpaired) electrons. The number of hydrogen-bond donors (Lipinski definition) is 2. The van der Waals surface area contributed by atoms with Crippen LogP contribution in [0.25, 0.3) is 22.2 Å². The van der Waals surface area contributed by atoms with E-state index in [1.165, 1.54) is 12.1 Å². The number of aromatic amines is 1. The van der Waals surface area contributed by atoms with Crippen molar-refractivity contribution >= 4 is 26.9 Å². The van der Waals surface area contributed by atoms with E-state index in [-0.39, 0.29) is 17.3 Å². The molecule has 2 aromatic carbocycles. The normalized spacial score (nSPS) is 11.7. The Balaban J connectivity index is 1.53. The lowest BCUT2D eigenvalue weighted by atomic mass is 10.1. The molecule has 4 aromatic rings. The van der Waals surface area contributed by atoms with Gasteiger partial charge in [0, 0.05) is 32.9 Å². The molecular weight excluding hydrogens is 403 g/mol. The van der Waals surface area contributed by atoms with Crippen molar-refractivity contribution in [3.05, 3.63) is 78.2 Å². The predicted molar refractivity (Wildman–Crippen MR) is 116 cm³/mol. The molecule has 0 spiro atoms. The van der Waals surface area contributed by atoms with E-state index in [2.05, 4.69) is 14.7 Å². The maximum Gasteiger partial charge on any atom is 0.240 e. The molecule has 0 atom stereocenters. The van der Waals surface area contributed by atoms with Gasteiger partial charge in [0.15, 0.2) is 0 Å². The van der Waals surface area contributed by atoms with E-state index in [1.54, 1.807) is 48.7 Å². The number of hydrogen-bond acceptors (Lipinski definition) is 4. The molecule has 0 aliphatic rings. The van der Waals surface area contributed by atoms with Gasteiger partial charge in [0.05, 0.1) is 15.9 Å². The van der Waals surface area contributed by atoms with Crippen molar-refractivity contribution < 1.29 is 12.8 Å². The minimum atomic E-state index is -3.70. The molecule has 0 fully saturated rings. The van der Waals surface area contributed by atoms with E-state index in [4.69, 9.17) is 0 Å². The zero-order chi connectivity index (χ0) is 21.3. The summed E-state index contributed by atoms with van der Waals surface area (Å²) in [6.07, 6.45) is 1.66. The summed E-state index contributed by atoms with van der Waals surface area (Å²) in [7, 11) is 0.142. The molecule has 154 valence electrons. The second kappa shape index (κ2) is 7.89. The predicted octanol–water partition coefficient (Wildman–Crippen LogP) is 3.91. The number of nitrogens with one attached hydrogen (secondary N) is 2. The summed E-state index contributed by atoms with van der Waals surface area (Å²) in [6, 6.07) is 16.3. The average Bonchev–Trinajstić information content (AvgIpc) is 3.18. The maximum atomic E-state index is 13.1. The zero-order valence-corrected chi connectivity index (χ0v) is 17.4. The minimum Gasteiger partial charge on any atom is -0.364 e. The largest absolute Gasteiger partial charge is 0.364 e. The van der Waals surface area contributed by atoms with Crippen LogP contribution in [0.15, 0.2) is 71.8 Å². The van der Waals surface area contributed by atoms with Crippen LogP contribution in [0.3, 0.4) is 0 Å². The Hall–Kier alpha value is -3.23. The minimum absolute atomic E-state index is 0.133. The van der Waals surface area contributed by atoms with Gasteiger partial charge in [-0.1, -0.05) is 24.3 Å². The van der Waals surface area contributed by atoms with E-state index >= 15 is 0 Å². The van der Waals surface area contributed by atoms with Crippen LogP contribution >= 0.6 is 0 Å². The molecule has 0 unspecified atom stereocenters. The summed E-state index contributed by atoms with van der Waals surface area (Å²) >= 11 is 0. The fourth-order valence-corrected chi connectivity index (χ4v) is 4.19. The van der Waals surface area contributed by atoms with Crippen LogP contribution in [0, 0.1) is 5.82 Å². The first-order chi connectivity index (χ1) is 14.3. The number of anilines is 1. The van der Waals surface area contributed by atoms with Gasteiger partial charge in [-0.25, -0.2) is 17.5 Å². The van der Waals surface area contributed by atoms with Crippen LogP contribution in [-0.2, 0) is 16.6 Å². The molecule has 8 heteroatoms. The summed E-state index contributed by atoms with van der Waals surface area (Å²) in [5.41, 5.74) is 4.01. The standard InChI is InChI=1S/C22H21FN4O2S/c1-27(2)21-13-20-22(26-21)17(11-12-24-20)14-25-30(28,29)19-9-5-16(6-10-19)15-3-7-18(23)8-4-15/h3-13,25-26H,14H2,1-2H3. The highest BCUT2D eigenvalue weighted by atomic mass is 32.2. The molecule has 30 heavy (non-hydrogen) atoms. The highest BCUT2D eigenvalue weighted by Gasteiger charge is 2.15. The lowest BCUT2D eigenvalue weighted by molar-refractivity contribution is 0.581. The van der Waals surface area contributed by atoms with Gasteiger partial charge in [-0.2, -0.15) is 0 Å². The second-order valence-corrected chi connectivity index (χ2v) is 8.90. The van der Waals surface area contributed by atoms with Crippen LogP contribution in [0.1, 0.15) is 5.56 Å². The Morgan fingerprint density at radius 2 is 1.63 bits per heavy atom. The zero-order valence-electron chi connectivity index (χ0n) is 16.6. The molecule has 0 saturated carbocycles. The van der Waals surface area contributed by atoms with Crippen molar-refractivity contribution in [1.82, 2.24) is 14.7 Å². The van der Waals surface area contributed by atoms with Crippen LogP contribution in [0.4, 0.5) is 10.2 Å². The van der Waals surface area contributed by atoms with Gasteiger partial charge < -0.3 is 9.88 Å². The second-order valence-electron chi connectivity index (χ2n) is 7.14. The van der Waals surface area contributed by atoms with Crippen molar-refractivity contribution in [2.24, 2.45) is 0 Å². The summed E-state index contributed by atoms with van der Waals surface area (Å²) < 4.78 is 41.2. The molecule has 0 bridgehead atoms. The highest BCUT2D eigenvalue weighted by Crippen LogP contribution is 2.24. The first-order valence-electron chi connectivity index (χ1n) is 9.33. The third-order valence-corrected chi connectivity index (χ3v) is 6.29. The lowest BCUT2D eigenvalue weighted by Gasteiger charge is -2.09. The number of fused-ring (bicyclic) bond motifs is 1. The molecule has 2 aromatic heterocycles. The Bertz CT molecular complexity index is 1280. The van der Waals surface area contributed by atoms with Crippen LogP contribution < -0.4 is 9.62 Å². The Kier molecular flexibility index (Phi) is 5.27. The third kappa shape index (κ3) is 4.05. The van der Waals surface area contributed by atoms with Crippen molar-refractivity contribution in [2.75, 3.05) is 19.0 Å². The van der Waals surface area contributed by atoms with Crippen LogP contribution in [0.5, 0.6) is 0 Å². The monoisotopic (exact) mass is 424 g/mol. The van der Waals surface area contributed by atoms with Gasteiger partial charge >= 0.3 is 0 Å². The number of nitrogens with zero attached hydrogens (tertiary/aromatic N) is 2. The van der Waals surface area contributed by atoms with E-state index in [0.29, 0.717) is 0 Å². The number of rotatable bonds is 6. The average molecular weight is 425 g/mol. The van der Waals surface area contributed by atoms with Crippen molar-refractivity contribution in [3.63, 3.8) is 0 Å². The smallest absolute Gasteiger partial charge is 0.240 e. The quantitative estimate of drug-likeness (QED) is 0.492. The molecule has 2 heterocycles. The van der Waals surface area contributed by atoms with Gasteiger partial charge in [-0.3, -0.25) is 4.98 Å². The fraction of sp³-hybridized carbons (Fsp3) is 0.136.